The topological polar surface area (TPSA) is 78.1 Å². The third-order valence-electron chi connectivity index (χ3n) is 3.46. The zero-order chi connectivity index (χ0) is 17.8. The molecule has 26 heavy (non-hydrogen) atoms. The summed E-state index contributed by atoms with van der Waals surface area (Å²) >= 11 is 3.01. The van der Waals surface area contributed by atoms with Gasteiger partial charge in [-0.3, -0.25) is 4.79 Å². The minimum Gasteiger partial charge on any atom is -0.457 e. The molecule has 3 aromatic heterocycles. The van der Waals surface area contributed by atoms with Gasteiger partial charge in [-0.25, -0.2) is 4.98 Å². The van der Waals surface area contributed by atoms with Crippen molar-refractivity contribution in [3.05, 3.63) is 64.7 Å². The van der Waals surface area contributed by atoms with E-state index in [-0.39, 0.29) is 19.0 Å². The minimum atomic E-state index is -0.377. The Hall–Kier alpha value is -2.84. The first kappa shape index (κ1) is 16.6. The number of carbonyl (C=O) groups excluding carboxylic acids is 1. The molecular formula is C18H13N3O3S2. The number of aromatic nitrogens is 3. The maximum Gasteiger partial charge on any atom is 0.312 e. The second-order valence-corrected chi connectivity index (χ2v) is 7.15. The summed E-state index contributed by atoms with van der Waals surface area (Å²) in [5.41, 5.74) is 1.72. The van der Waals surface area contributed by atoms with Crippen LogP contribution in [0.4, 0.5) is 0 Å². The Morgan fingerprint density at radius 1 is 1.08 bits per heavy atom. The van der Waals surface area contributed by atoms with E-state index in [1.165, 1.54) is 22.7 Å². The summed E-state index contributed by atoms with van der Waals surface area (Å²) in [4.78, 5) is 21.6. The lowest BCUT2D eigenvalue weighted by Crippen LogP contribution is -2.09. The molecule has 1 aromatic carbocycles. The molecule has 0 fully saturated rings. The van der Waals surface area contributed by atoms with Crippen LogP contribution in [-0.2, 0) is 22.6 Å². The van der Waals surface area contributed by atoms with Gasteiger partial charge in [-0.05, 0) is 11.4 Å². The summed E-state index contributed by atoms with van der Waals surface area (Å²) in [6, 6.07) is 13.6. The molecule has 0 N–H and O–H groups in total. The van der Waals surface area contributed by atoms with Gasteiger partial charge in [0.25, 0.3) is 5.89 Å². The summed E-state index contributed by atoms with van der Waals surface area (Å²) < 4.78 is 10.4. The van der Waals surface area contributed by atoms with E-state index in [2.05, 4.69) is 15.1 Å². The van der Waals surface area contributed by atoms with Crippen LogP contribution in [0.5, 0.6) is 0 Å². The zero-order valence-electron chi connectivity index (χ0n) is 13.5. The molecular weight excluding hydrogens is 370 g/mol. The van der Waals surface area contributed by atoms with Crippen LogP contribution < -0.4 is 0 Å². The fourth-order valence-corrected chi connectivity index (χ4v) is 3.73. The Kier molecular flexibility index (Phi) is 4.85. The predicted octanol–water partition coefficient (Wildman–Crippen LogP) is 4.21. The first-order valence-electron chi connectivity index (χ1n) is 7.80. The van der Waals surface area contributed by atoms with Gasteiger partial charge >= 0.3 is 5.97 Å². The molecule has 0 radical (unpaired) electrons. The molecule has 0 bridgehead atoms. The third-order valence-corrected chi connectivity index (χ3v) is 5.26. The van der Waals surface area contributed by atoms with Gasteiger partial charge < -0.3 is 9.26 Å². The summed E-state index contributed by atoms with van der Waals surface area (Å²) in [7, 11) is 0. The minimum absolute atomic E-state index is 0.0244. The molecule has 0 aliphatic rings. The number of nitrogens with zero attached hydrogens (tertiary/aromatic N) is 3. The summed E-state index contributed by atoms with van der Waals surface area (Å²) in [5.74, 6) is 0.389. The van der Waals surface area contributed by atoms with Crippen LogP contribution in [-0.4, -0.2) is 21.1 Å². The van der Waals surface area contributed by atoms with Crippen molar-refractivity contribution in [2.24, 2.45) is 0 Å². The van der Waals surface area contributed by atoms with Crippen LogP contribution >= 0.6 is 22.7 Å². The molecule has 0 aliphatic carbocycles. The highest BCUT2D eigenvalue weighted by Crippen LogP contribution is 2.24. The summed E-state index contributed by atoms with van der Waals surface area (Å²) in [5, 5.41) is 8.50. The van der Waals surface area contributed by atoms with Gasteiger partial charge in [0.2, 0.25) is 5.82 Å². The van der Waals surface area contributed by atoms with Crippen molar-refractivity contribution >= 4 is 28.6 Å². The zero-order valence-corrected chi connectivity index (χ0v) is 15.1. The maximum atomic E-state index is 12.0. The second kappa shape index (κ2) is 7.59. The van der Waals surface area contributed by atoms with Crippen LogP contribution in [0.3, 0.4) is 0 Å². The van der Waals surface area contributed by atoms with Gasteiger partial charge in [-0.2, -0.15) is 4.98 Å². The highest BCUT2D eigenvalue weighted by molar-refractivity contribution is 7.13. The molecule has 130 valence electrons. The SMILES string of the molecule is O=C(Cc1csc(-c2ccccc2)n1)OCc1noc(-c2cccs2)n1. The number of thiazole rings is 1. The lowest BCUT2D eigenvalue weighted by Gasteiger charge is -1.99. The Bertz CT molecular complexity index is 994. The van der Waals surface area contributed by atoms with E-state index < -0.39 is 0 Å². The van der Waals surface area contributed by atoms with Crippen LogP contribution in [0.1, 0.15) is 11.5 Å². The fourth-order valence-electron chi connectivity index (χ4n) is 2.26. The molecule has 0 aliphatic heterocycles. The Balaban J connectivity index is 1.33. The normalized spacial score (nSPS) is 10.8. The molecule has 3 heterocycles. The van der Waals surface area contributed by atoms with Gasteiger partial charge in [-0.15, -0.1) is 22.7 Å². The van der Waals surface area contributed by atoms with E-state index in [9.17, 15) is 4.79 Å². The summed E-state index contributed by atoms with van der Waals surface area (Å²) in [6.07, 6.45) is 0.110. The number of rotatable bonds is 6. The molecule has 4 aromatic rings. The van der Waals surface area contributed by atoms with Crippen molar-refractivity contribution in [1.82, 2.24) is 15.1 Å². The van der Waals surface area contributed by atoms with Crippen molar-refractivity contribution < 1.29 is 14.1 Å². The first-order chi connectivity index (χ1) is 12.8. The number of esters is 1. The Morgan fingerprint density at radius 3 is 2.77 bits per heavy atom. The van der Waals surface area contributed by atoms with Crippen LogP contribution in [0.15, 0.2) is 57.7 Å². The lowest BCUT2D eigenvalue weighted by molar-refractivity contribution is -0.144. The van der Waals surface area contributed by atoms with Gasteiger partial charge in [0.05, 0.1) is 17.0 Å². The molecule has 4 rings (SSSR count). The molecule has 0 saturated heterocycles. The highest BCUT2D eigenvalue weighted by atomic mass is 32.1. The van der Waals surface area contributed by atoms with E-state index in [0.717, 1.165) is 15.4 Å². The van der Waals surface area contributed by atoms with Crippen molar-refractivity contribution in [2.75, 3.05) is 0 Å². The summed E-state index contributed by atoms with van der Waals surface area (Å²) in [6.45, 7) is -0.0244. The van der Waals surface area contributed by atoms with Crippen molar-refractivity contribution in [2.45, 2.75) is 13.0 Å². The maximum absolute atomic E-state index is 12.0. The van der Waals surface area contributed by atoms with E-state index in [0.29, 0.717) is 17.4 Å². The largest absolute Gasteiger partial charge is 0.457 e. The van der Waals surface area contributed by atoms with E-state index in [1.54, 1.807) is 0 Å². The average molecular weight is 383 g/mol. The van der Waals surface area contributed by atoms with E-state index in [4.69, 9.17) is 9.26 Å². The quantitative estimate of drug-likeness (QED) is 0.464. The van der Waals surface area contributed by atoms with Crippen molar-refractivity contribution in [3.8, 4) is 21.3 Å². The highest BCUT2D eigenvalue weighted by Gasteiger charge is 2.13. The molecule has 0 amide bonds. The van der Waals surface area contributed by atoms with Gasteiger partial charge in [0, 0.05) is 10.9 Å². The smallest absolute Gasteiger partial charge is 0.312 e. The predicted molar refractivity (Wildman–Crippen MR) is 98.7 cm³/mol. The van der Waals surface area contributed by atoms with Crippen molar-refractivity contribution in [3.63, 3.8) is 0 Å². The number of hydrogen-bond donors (Lipinski definition) is 0. The first-order valence-corrected chi connectivity index (χ1v) is 9.56. The molecule has 6 nitrogen and oxygen atoms in total. The van der Waals surface area contributed by atoms with Gasteiger partial charge in [0.15, 0.2) is 6.61 Å². The number of hydrogen-bond acceptors (Lipinski definition) is 8. The Morgan fingerprint density at radius 2 is 1.96 bits per heavy atom. The Labute approximate surface area is 157 Å². The number of ether oxygens (including phenoxy) is 1. The van der Waals surface area contributed by atoms with Gasteiger partial charge in [0.1, 0.15) is 5.01 Å². The van der Waals surface area contributed by atoms with Crippen LogP contribution in [0.25, 0.3) is 21.3 Å². The van der Waals surface area contributed by atoms with Gasteiger partial charge in [-0.1, -0.05) is 41.6 Å². The lowest BCUT2D eigenvalue weighted by atomic mass is 10.2. The monoisotopic (exact) mass is 383 g/mol. The molecule has 0 unspecified atom stereocenters. The fraction of sp³-hybridized carbons (Fsp3) is 0.111. The van der Waals surface area contributed by atoms with E-state index >= 15 is 0 Å². The van der Waals surface area contributed by atoms with Crippen molar-refractivity contribution in [1.29, 1.82) is 0 Å². The second-order valence-electron chi connectivity index (χ2n) is 5.34. The number of benzene rings is 1. The van der Waals surface area contributed by atoms with Crippen LogP contribution in [0, 0.1) is 0 Å². The van der Waals surface area contributed by atoms with Crippen LogP contribution in [0.2, 0.25) is 0 Å². The third kappa shape index (κ3) is 3.87. The van der Waals surface area contributed by atoms with E-state index in [1.807, 2.05) is 53.2 Å². The standard InChI is InChI=1S/C18H13N3O3S2/c22-16(9-13-11-26-18(19-13)12-5-2-1-3-6-12)23-10-15-20-17(24-21-15)14-7-4-8-25-14/h1-8,11H,9-10H2. The number of carbonyl (C=O) groups is 1. The number of thiophene rings is 1. The molecule has 0 saturated carbocycles. The molecule has 0 atom stereocenters. The molecule has 0 spiro atoms. The molecule has 8 heteroatoms. The average Bonchev–Trinajstić information content (AvgIpc) is 3.41.